The van der Waals surface area contributed by atoms with Gasteiger partial charge in [-0.2, -0.15) is 0 Å². The van der Waals surface area contributed by atoms with Crippen LogP contribution in [0.5, 0.6) is 0 Å². The molecule has 0 aliphatic carbocycles. The summed E-state index contributed by atoms with van der Waals surface area (Å²) >= 11 is 5.76. The van der Waals surface area contributed by atoms with Gasteiger partial charge in [-0.25, -0.2) is 0 Å². The van der Waals surface area contributed by atoms with E-state index < -0.39 is 0 Å². The van der Waals surface area contributed by atoms with Crippen molar-refractivity contribution in [3.05, 3.63) is 78.4 Å². The van der Waals surface area contributed by atoms with Crippen molar-refractivity contribution in [2.45, 2.75) is 25.6 Å². The van der Waals surface area contributed by atoms with E-state index in [2.05, 4.69) is 50.3 Å². The summed E-state index contributed by atoms with van der Waals surface area (Å²) in [7, 11) is 1.49. The number of amides is 1. The van der Waals surface area contributed by atoms with Crippen LogP contribution in [0.25, 0.3) is 0 Å². The number of aryl methyl sites for hydroxylation is 1. The molecule has 31 heavy (non-hydrogen) atoms. The van der Waals surface area contributed by atoms with Crippen LogP contribution < -0.4 is 15.5 Å². The number of methoxy groups -OCH3 is 1. The fourth-order valence-corrected chi connectivity index (χ4v) is 4.30. The highest BCUT2D eigenvalue weighted by Gasteiger charge is 2.41. The Labute approximate surface area is 187 Å². The molecule has 2 N–H and O–H groups in total. The summed E-state index contributed by atoms with van der Waals surface area (Å²) in [6, 6.07) is 17.6. The van der Waals surface area contributed by atoms with Gasteiger partial charge in [-0.05, 0) is 67.7 Å². The number of aromatic nitrogens is 2. The lowest BCUT2D eigenvalue weighted by molar-refractivity contribution is -0.119. The van der Waals surface area contributed by atoms with Crippen molar-refractivity contribution in [3.63, 3.8) is 0 Å². The van der Waals surface area contributed by atoms with Gasteiger partial charge in [0.15, 0.2) is 5.11 Å². The summed E-state index contributed by atoms with van der Waals surface area (Å²) in [5.41, 5.74) is 3.74. The van der Waals surface area contributed by atoms with Crippen molar-refractivity contribution in [1.82, 2.24) is 14.9 Å². The van der Waals surface area contributed by atoms with Crippen LogP contribution in [0.15, 0.2) is 67.0 Å². The fourth-order valence-electron chi connectivity index (χ4n) is 3.95. The van der Waals surface area contributed by atoms with E-state index in [1.165, 1.54) is 7.11 Å². The Kier molecular flexibility index (Phi) is 6.29. The summed E-state index contributed by atoms with van der Waals surface area (Å²) < 4.78 is 7.10. The Hall–Kier alpha value is -3.23. The highest BCUT2D eigenvalue weighted by Crippen LogP contribution is 2.41. The number of anilines is 2. The third-order valence-corrected chi connectivity index (χ3v) is 5.63. The number of nitrogens with one attached hydrogen (secondary N) is 2. The van der Waals surface area contributed by atoms with Crippen LogP contribution >= 0.6 is 12.2 Å². The summed E-state index contributed by atoms with van der Waals surface area (Å²) in [6.45, 7) is 3.00. The van der Waals surface area contributed by atoms with Gasteiger partial charge in [0.05, 0.1) is 11.7 Å². The predicted octanol–water partition coefficient (Wildman–Crippen LogP) is 3.67. The van der Waals surface area contributed by atoms with Crippen LogP contribution in [-0.4, -0.2) is 34.3 Å². The molecule has 0 saturated carbocycles. The van der Waals surface area contributed by atoms with Gasteiger partial charge in [0.1, 0.15) is 12.6 Å². The maximum atomic E-state index is 11.8. The minimum absolute atomic E-state index is 0.0176. The van der Waals surface area contributed by atoms with Crippen molar-refractivity contribution in [1.29, 1.82) is 0 Å². The zero-order chi connectivity index (χ0) is 21.8. The third-order valence-electron chi connectivity index (χ3n) is 5.31. The first-order valence-electron chi connectivity index (χ1n) is 10.2. The molecule has 1 amide bonds. The first-order chi connectivity index (χ1) is 15.1. The summed E-state index contributed by atoms with van der Waals surface area (Å²) in [6.07, 6.45) is 3.88. The van der Waals surface area contributed by atoms with Crippen molar-refractivity contribution in [2.24, 2.45) is 0 Å². The minimum Gasteiger partial charge on any atom is -0.375 e. The summed E-state index contributed by atoms with van der Waals surface area (Å²) in [4.78, 5) is 18.5. The molecule has 1 aliphatic rings. The molecule has 1 aromatic carbocycles. The molecule has 3 heterocycles. The van der Waals surface area contributed by atoms with Crippen LogP contribution in [0, 0.1) is 0 Å². The molecular weight excluding hydrogens is 410 g/mol. The monoisotopic (exact) mass is 435 g/mol. The number of carbonyl (C=O) groups excluding carboxylic acids is 1. The average molecular weight is 436 g/mol. The molecule has 1 fully saturated rings. The van der Waals surface area contributed by atoms with Gasteiger partial charge in [0.2, 0.25) is 5.91 Å². The zero-order valence-electron chi connectivity index (χ0n) is 17.5. The van der Waals surface area contributed by atoms with Gasteiger partial charge >= 0.3 is 0 Å². The number of ether oxygens (including phenoxy) is 1. The molecule has 8 heteroatoms. The fraction of sp³-hybridized carbons (Fsp3) is 0.261. The molecule has 7 nitrogen and oxygen atoms in total. The van der Waals surface area contributed by atoms with Gasteiger partial charge < -0.3 is 24.8 Å². The maximum Gasteiger partial charge on any atom is 0.250 e. The van der Waals surface area contributed by atoms with Gasteiger partial charge in [0, 0.05) is 43.1 Å². The lowest BCUT2D eigenvalue weighted by Gasteiger charge is -2.29. The van der Waals surface area contributed by atoms with Crippen LogP contribution in [0.4, 0.5) is 11.4 Å². The van der Waals surface area contributed by atoms with E-state index in [1.807, 2.05) is 42.5 Å². The quantitative estimate of drug-likeness (QED) is 0.552. The van der Waals surface area contributed by atoms with Crippen molar-refractivity contribution < 1.29 is 9.53 Å². The Balaban J connectivity index is 1.69. The van der Waals surface area contributed by atoms with E-state index in [4.69, 9.17) is 17.0 Å². The number of benzene rings is 1. The average Bonchev–Trinajstić information content (AvgIpc) is 3.39. The molecular formula is C23H25N5O2S. The van der Waals surface area contributed by atoms with Gasteiger partial charge in [-0.1, -0.05) is 6.07 Å². The Morgan fingerprint density at radius 1 is 1.19 bits per heavy atom. The Bertz CT molecular complexity index is 1050. The lowest BCUT2D eigenvalue weighted by atomic mass is 10.0. The summed E-state index contributed by atoms with van der Waals surface area (Å²) in [5.74, 6) is -0.192. The topological polar surface area (TPSA) is 71.4 Å². The lowest BCUT2D eigenvalue weighted by Crippen LogP contribution is -2.30. The van der Waals surface area contributed by atoms with E-state index in [0.717, 1.165) is 23.6 Å². The normalized spacial score (nSPS) is 18.1. The second-order valence-electron chi connectivity index (χ2n) is 7.24. The predicted molar refractivity (Wildman–Crippen MR) is 125 cm³/mol. The number of carbonyl (C=O) groups is 1. The number of hydrogen-bond donors (Lipinski definition) is 2. The second kappa shape index (κ2) is 9.28. The standard InChI is InChI=1S/C23H25N5O2S/c1-3-27-14-6-8-19(27)22-21(18-7-4-5-13-24-18)26-23(31)28(22)17-11-9-16(10-12-17)25-20(29)15-30-2/h4-14,21-22H,3,15H2,1-2H3,(H,25,29)(H,26,31)/t21-,22+/m0/s1. The van der Waals surface area contributed by atoms with E-state index in [0.29, 0.717) is 10.8 Å². The highest BCUT2D eigenvalue weighted by atomic mass is 32.1. The first-order valence-corrected chi connectivity index (χ1v) is 10.6. The molecule has 2 aromatic heterocycles. The molecule has 2 atom stereocenters. The molecule has 160 valence electrons. The van der Waals surface area contributed by atoms with Gasteiger partial charge in [-0.3, -0.25) is 9.78 Å². The van der Waals surface area contributed by atoms with Crippen LogP contribution in [0.3, 0.4) is 0 Å². The maximum absolute atomic E-state index is 11.8. The first kappa shape index (κ1) is 21.0. The van der Waals surface area contributed by atoms with Crippen LogP contribution in [-0.2, 0) is 16.1 Å². The Morgan fingerprint density at radius 3 is 2.68 bits per heavy atom. The zero-order valence-corrected chi connectivity index (χ0v) is 18.3. The van der Waals surface area contributed by atoms with Crippen LogP contribution in [0.1, 0.15) is 30.4 Å². The van der Waals surface area contributed by atoms with Gasteiger partial charge in [0.25, 0.3) is 0 Å². The van der Waals surface area contributed by atoms with E-state index in [1.54, 1.807) is 6.20 Å². The minimum atomic E-state index is -0.192. The van der Waals surface area contributed by atoms with Crippen molar-refractivity contribution in [3.8, 4) is 0 Å². The van der Waals surface area contributed by atoms with Crippen molar-refractivity contribution in [2.75, 3.05) is 23.9 Å². The third kappa shape index (κ3) is 4.30. The molecule has 0 bridgehead atoms. The summed E-state index contributed by atoms with van der Waals surface area (Å²) in [5, 5.41) is 6.93. The molecule has 1 aliphatic heterocycles. The smallest absolute Gasteiger partial charge is 0.250 e. The Morgan fingerprint density at radius 2 is 2.00 bits per heavy atom. The van der Waals surface area contributed by atoms with Crippen molar-refractivity contribution >= 4 is 34.6 Å². The van der Waals surface area contributed by atoms with Crippen LogP contribution in [0.2, 0.25) is 0 Å². The van der Waals surface area contributed by atoms with E-state index in [-0.39, 0.29) is 24.6 Å². The number of pyridine rings is 1. The molecule has 0 spiro atoms. The molecule has 1 saturated heterocycles. The number of hydrogen-bond acceptors (Lipinski definition) is 4. The van der Waals surface area contributed by atoms with Gasteiger partial charge in [-0.15, -0.1) is 0 Å². The molecule has 4 rings (SSSR count). The van der Waals surface area contributed by atoms with E-state index in [9.17, 15) is 4.79 Å². The molecule has 3 aromatic rings. The number of nitrogens with zero attached hydrogens (tertiary/aromatic N) is 3. The SMILES string of the molecule is CCn1cccc1[C@@H]1[C@H](c2ccccn2)NC(=S)N1c1ccc(NC(=O)COC)cc1. The molecule has 0 unspecified atom stereocenters. The largest absolute Gasteiger partial charge is 0.375 e. The number of thiocarbonyl (C=S) groups is 1. The second-order valence-corrected chi connectivity index (χ2v) is 7.63. The molecule has 0 radical (unpaired) electrons. The van der Waals surface area contributed by atoms with E-state index >= 15 is 0 Å². The highest BCUT2D eigenvalue weighted by molar-refractivity contribution is 7.80. The number of rotatable bonds is 7.